The number of carbonyl (C=O) groups is 1. The van der Waals surface area contributed by atoms with Crippen LogP contribution in [-0.4, -0.2) is 22.4 Å². The summed E-state index contributed by atoms with van der Waals surface area (Å²) in [5, 5.41) is 13.9. The number of nitro benzene ring substituents is 1. The lowest BCUT2D eigenvalue weighted by molar-refractivity contribution is -0.384. The molecule has 3 rings (SSSR count). The van der Waals surface area contributed by atoms with Crippen molar-refractivity contribution in [1.82, 2.24) is 4.98 Å². The largest absolute Gasteiger partial charge is 0.484 e. The monoisotopic (exact) mass is 357 g/mol. The minimum absolute atomic E-state index is 0.0880. The van der Waals surface area contributed by atoms with Crippen molar-refractivity contribution in [3.05, 3.63) is 57.6 Å². The van der Waals surface area contributed by atoms with E-state index in [-0.39, 0.29) is 24.0 Å². The minimum Gasteiger partial charge on any atom is -0.484 e. The van der Waals surface area contributed by atoms with Crippen molar-refractivity contribution in [2.24, 2.45) is 0 Å². The molecule has 1 N–H and O–H groups in total. The molecule has 0 radical (unpaired) electrons. The lowest BCUT2D eigenvalue weighted by Crippen LogP contribution is -2.20. The van der Waals surface area contributed by atoms with Crippen LogP contribution < -0.4 is 10.1 Å². The van der Waals surface area contributed by atoms with Crippen molar-refractivity contribution in [3.8, 4) is 5.75 Å². The number of nitrogens with one attached hydrogen (secondary N) is 1. The number of amides is 1. The van der Waals surface area contributed by atoms with E-state index in [1.165, 1.54) is 29.5 Å². The summed E-state index contributed by atoms with van der Waals surface area (Å²) in [5.74, 6) is -0.111. The van der Waals surface area contributed by atoms with E-state index < -0.39 is 4.92 Å². The summed E-state index contributed by atoms with van der Waals surface area (Å²) in [7, 11) is 0. The number of non-ortho nitro benzene ring substituents is 1. The second kappa shape index (κ2) is 6.86. The maximum atomic E-state index is 12.0. The zero-order valence-corrected chi connectivity index (χ0v) is 14.4. The van der Waals surface area contributed by atoms with Crippen molar-refractivity contribution in [3.63, 3.8) is 0 Å². The van der Waals surface area contributed by atoms with Crippen molar-refractivity contribution in [1.29, 1.82) is 0 Å². The van der Waals surface area contributed by atoms with E-state index in [0.29, 0.717) is 5.13 Å². The fourth-order valence-corrected chi connectivity index (χ4v) is 3.47. The third kappa shape index (κ3) is 3.92. The number of ether oxygens (including phenoxy) is 1. The second-order valence-electron chi connectivity index (χ2n) is 5.54. The van der Waals surface area contributed by atoms with Gasteiger partial charge < -0.3 is 4.74 Å². The van der Waals surface area contributed by atoms with Crippen LogP contribution in [0, 0.1) is 24.0 Å². The number of rotatable bonds is 5. The van der Waals surface area contributed by atoms with Crippen molar-refractivity contribution in [2.75, 3.05) is 11.9 Å². The number of carbonyl (C=O) groups excluding carboxylic acids is 1. The van der Waals surface area contributed by atoms with E-state index in [2.05, 4.69) is 10.3 Å². The molecule has 7 nitrogen and oxygen atoms in total. The SMILES string of the molecule is Cc1cc(C)c2nc(NC(=O)COc3cccc([N+](=O)[O-])c3)sc2c1. The molecule has 25 heavy (non-hydrogen) atoms. The van der Waals surface area contributed by atoms with Crippen molar-refractivity contribution >= 4 is 38.3 Å². The van der Waals surface area contributed by atoms with Crippen LogP contribution in [0.3, 0.4) is 0 Å². The normalized spacial score (nSPS) is 10.6. The number of hydrogen-bond donors (Lipinski definition) is 1. The summed E-state index contributed by atoms with van der Waals surface area (Å²) in [6.07, 6.45) is 0. The fraction of sp³-hybridized carbons (Fsp3) is 0.176. The van der Waals surface area contributed by atoms with E-state index >= 15 is 0 Å². The fourth-order valence-electron chi connectivity index (χ4n) is 2.42. The van der Waals surface area contributed by atoms with Crippen LogP contribution in [0.5, 0.6) is 5.75 Å². The summed E-state index contributed by atoms with van der Waals surface area (Å²) >= 11 is 1.39. The average molecular weight is 357 g/mol. The highest BCUT2D eigenvalue weighted by Crippen LogP contribution is 2.29. The number of fused-ring (bicyclic) bond motifs is 1. The molecule has 1 aromatic heterocycles. The van der Waals surface area contributed by atoms with Crippen LogP contribution in [0.15, 0.2) is 36.4 Å². The van der Waals surface area contributed by atoms with Gasteiger partial charge in [-0.05, 0) is 37.1 Å². The Labute approximate surface area is 147 Å². The van der Waals surface area contributed by atoms with Crippen molar-refractivity contribution < 1.29 is 14.5 Å². The molecule has 0 aliphatic heterocycles. The molecule has 0 saturated carbocycles. The maximum Gasteiger partial charge on any atom is 0.273 e. The Kier molecular flexibility index (Phi) is 4.62. The van der Waals surface area contributed by atoms with Gasteiger partial charge in [-0.25, -0.2) is 4.98 Å². The van der Waals surface area contributed by atoms with Crippen LogP contribution >= 0.6 is 11.3 Å². The van der Waals surface area contributed by atoms with Gasteiger partial charge in [0, 0.05) is 6.07 Å². The van der Waals surface area contributed by atoms with Gasteiger partial charge in [0.05, 0.1) is 21.2 Å². The number of benzene rings is 2. The molecule has 0 aliphatic carbocycles. The predicted octanol–water partition coefficient (Wildman–Crippen LogP) is 3.84. The van der Waals surface area contributed by atoms with Gasteiger partial charge in [-0.15, -0.1) is 0 Å². The molecule has 0 unspecified atom stereocenters. The average Bonchev–Trinajstić information content (AvgIpc) is 2.95. The van der Waals surface area contributed by atoms with E-state index in [0.717, 1.165) is 21.3 Å². The molecule has 1 amide bonds. The highest BCUT2D eigenvalue weighted by Gasteiger charge is 2.12. The number of aryl methyl sites for hydroxylation is 2. The zero-order chi connectivity index (χ0) is 18.0. The molecular formula is C17H15N3O4S. The van der Waals surface area contributed by atoms with Crippen LogP contribution in [-0.2, 0) is 4.79 Å². The molecule has 0 aliphatic rings. The first-order valence-corrected chi connectivity index (χ1v) is 8.29. The molecule has 0 fully saturated rings. The second-order valence-corrected chi connectivity index (χ2v) is 6.57. The van der Waals surface area contributed by atoms with Crippen LogP contribution in [0.1, 0.15) is 11.1 Å². The third-order valence-corrected chi connectivity index (χ3v) is 4.39. The lowest BCUT2D eigenvalue weighted by Gasteiger charge is -2.05. The predicted molar refractivity (Wildman–Crippen MR) is 96.3 cm³/mol. The zero-order valence-electron chi connectivity index (χ0n) is 13.6. The molecule has 128 valence electrons. The van der Waals surface area contributed by atoms with Crippen LogP contribution in [0.2, 0.25) is 0 Å². The highest BCUT2D eigenvalue weighted by molar-refractivity contribution is 7.22. The van der Waals surface area contributed by atoms with Gasteiger partial charge >= 0.3 is 0 Å². The summed E-state index contributed by atoms with van der Waals surface area (Å²) in [6.45, 7) is 3.73. The van der Waals surface area contributed by atoms with Gasteiger partial charge in [0.2, 0.25) is 0 Å². The van der Waals surface area contributed by atoms with Crippen LogP contribution in [0.4, 0.5) is 10.8 Å². The van der Waals surface area contributed by atoms with Gasteiger partial charge in [0.25, 0.3) is 11.6 Å². The van der Waals surface area contributed by atoms with Gasteiger partial charge in [-0.2, -0.15) is 0 Å². The quantitative estimate of drug-likeness (QED) is 0.553. The minimum atomic E-state index is -0.516. The molecule has 0 spiro atoms. The highest BCUT2D eigenvalue weighted by atomic mass is 32.1. The smallest absolute Gasteiger partial charge is 0.273 e. The Balaban J connectivity index is 1.66. The van der Waals surface area contributed by atoms with E-state index in [1.54, 1.807) is 6.07 Å². The summed E-state index contributed by atoms with van der Waals surface area (Å²) < 4.78 is 6.31. The van der Waals surface area contributed by atoms with E-state index in [9.17, 15) is 14.9 Å². The Hall–Kier alpha value is -3.00. The number of thiazole rings is 1. The van der Waals surface area contributed by atoms with E-state index in [1.807, 2.05) is 26.0 Å². The number of nitro groups is 1. The Morgan fingerprint density at radius 3 is 2.88 bits per heavy atom. The standard InChI is InChI=1S/C17H15N3O4S/c1-10-6-11(2)16-14(7-10)25-17(19-16)18-15(21)9-24-13-5-3-4-12(8-13)20(22)23/h3-8H,9H2,1-2H3,(H,18,19,21). The Bertz CT molecular complexity index is 968. The molecule has 3 aromatic rings. The molecule has 8 heteroatoms. The van der Waals surface area contributed by atoms with Crippen molar-refractivity contribution in [2.45, 2.75) is 13.8 Å². The van der Waals surface area contributed by atoms with Gasteiger partial charge in [0.15, 0.2) is 11.7 Å². The summed E-state index contributed by atoms with van der Waals surface area (Å²) in [6, 6.07) is 9.76. The number of hydrogen-bond acceptors (Lipinski definition) is 6. The molecule has 0 saturated heterocycles. The van der Waals surface area contributed by atoms with E-state index in [4.69, 9.17) is 4.74 Å². The molecule has 2 aromatic carbocycles. The molecule has 0 bridgehead atoms. The molecular weight excluding hydrogens is 342 g/mol. The van der Waals surface area contributed by atoms with Crippen LogP contribution in [0.25, 0.3) is 10.2 Å². The van der Waals surface area contributed by atoms with Gasteiger partial charge in [-0.3, -0.25) is 20.2 Å². The molecule has 1 heterocycles. The first-order chi connectivity index (χ1) is 11.9. The first kappa shape index (κ1) is 16.8. The number of nitrogens with zero attached hydrogens (tertiary/aromatic N) is 2. The Morgan fingerprint density at radius 2 is 2.12 bits per heavy atom. The van der Waals surface area contributed by atoms with Gasteiger partial charge in [0.1, 0.15) is 5.75 Å². The summed E-state index contributed by atoms with van der Waals surface area (Å²) in [5.41, 5.74) is 2.97. The summed E-state index contributed by atoms with van der Waals surface area (Å²) in [4.78, 5) is 26.7. The number of anilines is 1. The third-order valence-electron chi connectivity index (χ3n) is 3.47. The number of aromatic nitrogens is 1. The van der Waals surface area contributed by atoms with Gasteiger partial charge in [-0.1, -0.05) is 23.5 Å². The Morgan fingerprint density at radius 1 is 1.32 bits per heavy atom. The molecule has 0 atom stereocenters. The topological polar surface area (TPSA) is 94.4 Å². The maximum absolute atomic E-state index is 12.0. The first-order valence-electron chi connectivity index (χ1n) is 7.47. The lowest BCUT2D eigenvalue weighted by atomic mass is 10.1.